The molecule has 10 heteroatoms. The Hall–Kier alpha value is -3.01. The number of nitrogens with one attached hydrogen (secondary N) is 3. The van der Waals surface area contributed by atoms with Crippen LogP contribution in [0.4, 0.5) is 15.3 Å². The Bertz CT molecular complexity index is 734. The number of nitrogens with zero attached hydrogens (tertiary/aromatic N) is 1. The van der Waals surface area contributed by atoms with Crippen molar-refractivity contribution in [1.29, 1.82) is 0 Å². The van der Waals surface area contributed by atoms with Crippen molar-refractivity contribution in [2.45, 2.75) is 20.8 Å². The van der Waals surface area contributed by atoms with E-state index in [1.54, 1.807) is 30.0 Å². The number of carbonyl (C=O) groups excluding carboxylic acids is 3. The molecule has 1 aliphatic rings. The summed E-state index contributed by atoms with van der Waals surface area (Å²) >= 11 is 0. The second-order valence-electron chi connectivity index (χ2n) is 6.64. The van der Waals surface area contributed by atoms with E-state index in [1.165, 1.54) is 0 Å². The molecule has 1 saturated heterocycles. The Balaban J connectivity index is 1.80. The predicted molar refractivity (Wildman–Crippen MR) is 110 cm³/mol. The third-order valence-corrected chi connectivity index (χ3v) is 4.46. The molecule has 1 aromatic carbocycles. The summed E-state index contributed by atoms with van der Waals surface area (Å²) in [5, 5.41) is 4.96. The Kier molecular flexibility index (Phi) is 9.20. The van der Waals surface area contributed by atoms with Gasteiger partial charge in [0.25, 0.3) is 5.91 Å². The van der Waals surface area contributed by atoms with Crippen LogP contribution in [0.15, 0.2) is 18.2 Å². The van der Waals surface area contributed by atoms with Gasteiger partial charge in [-0.15, -0.1) is 0 Å². The molecule has 0 atom stereocenters. The van der Waals surface area contributed by atoms with E-state index in [0.717, 1.165) is 4.90 Å². The van der Waals surface area contributed by atoms with E-state index >= 15 is 0 Å². The van der Waals surface area contributed by atoms with Crippen LogP contribution < -0.4 is 25.0 Å². The number of imide groups is 1. The highest BCUT2D eigenvalue weighted by atomic mass is 16.6. The number of urea groups is 1. The fraction of sp³-hybridized carbons (Fsp3) is 0.550. The van der Waals surface area contributed by atoms with Gasteiger partial charge < -0.3 is 24.4 Å². The van der Waals surface area contributed by atoms with Crippen LogP contribution in [0.3, 0.4) is 0 Å². The molecule has 0 radical (unpaired) electrons. The van der Waals surface area contributed by atoms with Crippen LogP contribution in [-0.4, -0.2) is 75.5 Å². The molecule has 0 spiro atoms. The van der Waals surface area contributed by atoms with Crippen LogP contribution in [0.25, 0.3) is 0 Å². The van der Waals surface area contributed by atoms with Crippen molar-refractivity contribution >= 4 is 23.7 Å². The van der Waals surface area contributed by atoms with E-state index in [2.05, 4.69) is 10.6 Å². The standard InChI is InChI=1S/C20H30N4O6/c1-4-28-16-8-7-15(13-17(16)29-5-2)21-19(26)22-18(25)14-23-9-11-24(12-10-23)20(27)30-6-3/h7-8,13H,4-6,9-12,14H2,1-3H3,(H2,21,22,25,26)/p+1. The molecule has 4 amide bonds. The Morgan fingerprint density at radius 2 is 1.67 bits per heavy atom. The van der Waals surface area contributed by atoms with Gasteiger partial charge in [0, 0.05) is 11.8 Å². The second-order valence-corrected chi connectivity index (χ2v) is 6.64. The SMILES string of the molecule is CCOC(=O)N1CC[NH+](CC(=O)NC(=O)Nc2ccc(OCC)c(OCC)c2)CC1. The summed E-state index contributed by atoms with van der Waals surface area (Å²) in [5.41, 5.74) is 0.489. The van der Waals surface area contributed by atoms with Crippen molar-refractivity contribution in [2.24, 2.45) is 0 Å². The summed E-state index contributed by atoms with van der Waals surface area (Å²) in [5.74, 6) is 0.724. The normalized spacial score (nSPS) is 14.0. The number of piperazine rings is 1. The minimum Gasteiger partial charge on any atom is -0.490 e. The summed E-state index contributed by atoms with van der Waals surface area (Å²) in [6, 6.07) is 4.42. The number of anilines is 1. The summed E-state index contributed by atoms with van der Waals surface area (Å²) in [6.07, 6.45) is -0.331. The molecular weight excluding hydrogens is 392 g/mol. The molecule has 0 bridgehead atoms. The fourth-order valence-electron chi connectivity index (χ4n) is 3.09. The number of carbonyl (C=O) groups is 3. The number of ether oxygens (including phenoxy) is 3. The van der Waals surface area contributed by atoms with Gasteiger partial charge >= 0.3 is 12.1 Å². The van der Waals surface area contributed by atoms with Gasteiger partial charge in [-0.25, -0.2) is 9.59 Å². The summed E-state index contributed by atoms with van der Waals surface area (Å²) in [6.45, 7) is 9.20. The minimum absolute atomic E-state index is 0.150. The van der Waals surface area contributed by atoms with Crippen LogP contribution in [-0.2, 0) is 9.53 Å². The molecule has 166 valence electrons. The molecule has 10 nitrogen and oxygen atoms in total. The van der Waals surface area contributed by atoms with Crippen molar-refractivity contribution in [3.8, 4) is 11.5 Å². The van der Waals surface area contributed by atoms with Gasteiger partial charge in [-0.1, -0.05) is 0 Å². The van der Waals surface area contributed by atoms with Crippen LogP contribution in [0.2, 0.25) is 0 Å². The van der Waals surface area contributed by atoms with E-state index in [-0.39, 0.29) is 18.5 Å². The largest absolute Gasteiger partial charge is 0.490 e. The lowest BCUT2D eigenvalue weighted by molar-refractivity contribution is -0.896. The van der Waals surface area contributed by atoms with E-state index in [0.29, 0.717) is 63.2 Å². The third-order valence-electron chi connectivity index (χ3n) is 4.46. The maximum absolute atomic E-state index is 12.2. The summed E-state index contributed by atoms with van der Waals surface area (Å²) in [4.78, 5) is 38.7. The molecule has 3 N–H and O–H groups in total. The van der Waals surface area contributed by atoms with Crippen molar-refractivity contribution in [3.63, 3.8) is 0 Å². The van der Waals surface area contributed by atoms with Gasteiger partial charge in [0.1, 0.15) is 0 Å². The lowest BCUT2D eigenvalue weighted by Gasteiger charge is -2.31. The molecule has 1 heterocycles. The Morgan fingerprint density at radius 1 is 1.00 bits per heavy atom. The minimum atomic E-state index is -0.615. The van der Waals surface area contributed by atoms with Gasteiger partial charge in [0.2, 0.25) is 0 Å². The first-order valence-electron chi connectivity index (χ1n) is 10.2. The van der Waals surface area contributed by atoms with Crippen LogP contribution in [0.5, 0.6) is 11.5 Å². The highest BCUT2D eigenvalue weighted by Crippen LogP contribution is 2.30. The van der Waals surface area contributed by atoms with Gasteiger partial charge in [0.15, 0.2) is 18.0 Å². The van der Waals surface area contributed by atoms with E-state index in [9.17, 15) is 14.4 Å². The summed E-state index contributed by atoms with van der Waals surface area (Å²) in [7, 11) is 0. The number of benzene rings is 1. The van der Waals surface area contributed by atoms with Gasteiger partial charge in [0.05, 0.1) is 46.0 Å². The second kappa shape index (κ2) is 11.9. The average Bonchev–Trinajstić information content (AvgIpc) is 2.71. The van der Waals surface area contributed by atoms with Crippen molar-refractivity contribution in [2.75, 3.05) is 57.9 Å². The van der Waals surface area contributed by atoms with Crippen molar-refractivity contribution < 1.29 is 33.5 Å². The molecule has 0 aromatic heterocycles. The van der Waals surface area contributed by atoms with Gasteiger partial charge in [-0.3, -0.25) is 15.0 Å². The first-order valence-corrected chi connectivity index (χ1v) is 10.2. The number of rotatable bonds is 8. The first-order chi connectivity index (χ1) is 14.5. The average molecular weight is 423 g/mol. The molecule has 0 saturated carbocycles. The maximum Gasteiger partial charge on any atom is 0.410 e. The van der Waals surface area contributed by atoms with Crippen LogP contribution in [0, 0.1) is 0 Å². The zero-order chi connectivity index (χ0) is 21.9. The van der Waals surface area contributed by atoms with E-state index in [4.69, 9.17) is 14.2 Å². The van der Waals surface area contributed by atoms with E-state index < -0.39 is 6.03 Å². The predicted octanol–water partition coefficient (Wildman–Crippen LogP) is 0.489. The quantitative estimate of drug-likeness (QED) is 0.561. The Labute approximate surface area is 176 Å². The molecule has 2 rings (SSSR count). The number of amides is 4. The summed E-state index contributed by atoms with van der Waals surface area (Å²) < 4.78 is 16.0. The molecule has 1 aliphatic heterocycles. The number of quaternary nitrogens is 1. The van der Waals surface area contributed by atoms with Crippen molar-refractivity contribution in [1.82, 2.24) is 10.2 Å². The Morgan fingerprint density at radius 3 is 2.30 bits per heavy atom. The van der Waals surface area contributed by atoms with Crippen molar-refractivity contribution in [3.05, 3.63) is 18.2 Å². The van der Waals surface area contributed by atoms with E-state index in [1.807, 2.05) is 13.8 Å². The molecule has 30 heavy (non-hydrogen) atoms. The monoisotopic (exact) mass is 423 g/mol. The number of hydrogen-bond acceptors (Lipinski definition) is 6. The van der Waals surface area contributed by atoms with Gasteiger partial charge in [-0.05, 0) is 32.9 Å². The fourth-order valence-corrected chi connectivity index (χ4v) is 3.09. The molecular formula is C20H31N4O6+. The molecule has 0 unspecified atom stereocenters. The third kappa shape index (κ3) is 7.11. The highest BCUT2D eigenvalue weighted by molar-refractivity contribution is 6.01. The molecule has 1 aromatic rings. The topological polar surface area (TPSA) is 111 Å². The lowest BCUT2D eigenvalue weighted by atomic mass is 10.2. The van der Waals surface area contributed by atoms with Gasteiger partial charge in [-0.2, -0.15) is 0 Å². The van der Waals surface area contributed by atoms with Crippen LogP contribution in [0.1, 0.15) is 20.8 Å². The smallest absolute Gasteiger partial charge is 0.410 e. The highest BCUT2D eigenvalue weighted by Gasteiger charge is 2.26. The zero-order valence-corrected chi connectivity index (χ0v) is 17.8. The van der Waals surface area contributed by atoms with Crippen LogP contribution >= 0.6 is 0 Å². The number of hydrogen-bond donors (Lipinski definition) is 3. The maximum atomic E-state index is 12.2. The molecule has 1 fully saturated rings. The first kappa shape index (κ1) is 23.3. The zero-order valence-electron chi connectivity index (χ0n) is 17.8. The molecule has 0 aliphatic carbocycles. The lowest BCUT2D eigenvalue weighted by Crippen LogP contribution is -3.15.